The van der Waals surface area contributed by atoms with Gasteiger partial charge in [-0.25, -0.2) is 9.37 Å². The smallest absolute Gasteiger partial charge is 0.162 e. The second-order valence-electron chi connectivity index (χ2n) is 5.92. The SMILES string of the molecule is Fc1cccc(BCc2ccccc2)c1.c1ccc(-c2ncc[nH]2)cc1. The third kappa shape index (κ3) is 5.45. The molecule has 1 N–H and O–H groups in total. The number of rotatable bonds is 4. The second kappa shape index (κ2) is 9.37. The van der Waals surface area contributed by atoms with E-state index in [0.29, 0.717) is 0 Å². The van der Waals surface area contributed by atoms with Crippen LogP contribution in [0.2, 0.25) is 0 Å². The van der Waals surface area contributed by atoms with Crippen molar-refractivity contribution in [2.45, 2.75) is 6.32 Å². The van der Waals surface area contributed by atoms with Crippen LogP contribution in [0, 0.1) is 5.82 Å². The summed E-state index contributed by atoms with van der Waals surface area (Å²) in [5.74, 6) is 0.770. The molecule has 0 aliphatic rings. The lowest BCUT2D eigenvalue weighted by molar-refractivity contribution is 0.629. The van der Waals surface area contributed by atoms with Crippen LogP contribution in [-0.4, -0.2) is 17.2 Å². The number of hydrogen-bond acceptors (Lipinski definition) is 1. The standard InChI is InChI=1S/C13H12BF.C9H8N2/c15-13-8-4-7-12(9-13)14-10-11-5-2-1-3-6-11;1-2-4-8(5-3-1)9-10-6-7-11-9/h1-9,14H,10H2;1-7H,(H,10,11). The van der Waals surface area contributed by atoms with Gasteiger partial charge in [0.05, 0.1) is 0 Å². The van der Waals surface area contributed by atoms with Crippen molar-refractivity contribution in [3.8, 4) is 11.4 Å². The minimum Gasteiger partial charge on any atom is -0.345 e. The number of hydrogen-bond donors (Lipinski definition) is 1. The van der Waals surface area contributed by atoms with E-state index >= 15 is 0 Å². The zero-order valence-corrected chi connectivity index (χ0v) is 14.5. The summed E-state index contributed by atoms with van der Waals surface area (Å²) in [6, 6.07) is 27.1. The maximum Gasteiger partial charge on any atom is 0.162 e. The molecule has 1 aromatic heterocycles. The fraction of sp³-hybridized carbons (Fsp3) is 0.0455. The van der Waals surface area contributed by atoms with Gasteiger partial charge in [0.15, 0.2) is 7.28 Å². The third-order valence-electron chi connectivity index (χ3n) is 3.98. The van der Waals surface area contributed by atoms with Crippen LogP contribution < -0.4 is 5.46 Å². The van der Waals surface area contributed by atoms with Crippen molar-refractivity contribution in [2.24, 2.45) is 0 Å². The Morgan fingerprint density at radius 3 is 2.23 bits per heavy atom. The number of aromatic nitrogens is 2. The van der Waals surface area contributed by atoms with E-state index < -0.39 is 0 Å². The number of imidazole rings is 1. The molecule has 4 aromatic rings. The first-order chi connectivity index (χ1) is 12.8. The summed E-state index contributed by atoms with van der Waals surface area (Å²) in [5.41, 5.74) is 3.47. The molecule has 0 fully saturated rings. The number of halogens is 1. The molecule has 3 aromatic carbocycles. The van der Waals surface area contributed by atoms with E-state index in [0.717, 1.165) is 30.5 Å². The maximum absolute atomic E-state index is 12.9. The molecule has 0 saturated carbocycles. The summed E-state index contributed by atoms with van der Waals surface area (Å²) in [7, 11) is 0.891. The Morgan fingerprint density at radius 1 is 0.846 bits per heavy atom. The first kappa shape index (κ1) is 17.7. The van der Waals surface area contributed by atoms with Gasteiger partial charge in [-0.1, -0.05) is 83.8 Å². The summed E-state index contributed by atoms with van der Waals surface area (Å²) < 4.78 is 12.9. The van der Waals surface area contributed by atoms with Crippen molar-refractivity contribution >= 4 is 12.7 Å². The first-order valence-electron chi connectivity index (χ1n) is 8.64. The van der Waals surface area contributed by atoms with Gasteiger partial charge in [-0.05, 0) is 18.5 Å². The Morgan fingerprint density at radius 2 is 1.58 bits per heavy atom. The van der Waals surface area contributed by atoms with E-state index in [1.807, 2.05) is 60.8 Å². The van der Waals surface area contributed by atoms with Crippen molar-refractivity contribution in [1.29, 1.82) is 0 Å². The van der Waals surface area contributed by atoms with Crippen molar-refractivity contribution in [3.63, 3.8) is 0 Å². The van der Waals surface area contributed by atoms with Gasteiger partial charge in [0.1, 0.15) is 11.6 Å². The molecule has 0 atom stereocenters. The van der Waals surface area contributed by atoms with Crippen molar-refractivity contribution in [3.05, 3.63) is 109 Å². The summed E-state index contributed by atoms with van der Waals surface area (Å²) >= 11 is 0. The molecule has 1 heterocycles. The van der Waals surface area contributed by atoms with E-state index in [2.05, 4.69) is 22.1 Å². The predicted molar refractivity (Wildman–Crippen MR) is 107 cm³/mol. The maximum atomic E-state index is 12.9. The van der Waals surface area contributed by atoms with Crippen molar-refractivity contribution in [2.75, 3.05) is 0 Å². The Bertz CT molecular complexity index is 894. The van der Waals surface area contributed by atoms with Crippen LogP contribution in [0.4, 0.5) is 4.39 Å². The highest BCUT2D eigenvalue weighted by Crippen LogP contribution is 2.11. The summed E-state index contributed by atoms with van der Waals surface area (Å²) in [4.78, 5) is 7.17. The first-order valence-corrected chi connectivity index (χ1v) is 8.64. The molecule has 0 radical (unpaired) electrons. The molecule has 0 bridgehead atoms. The summed E-state index contributed by atoms with van der Waals surface area (Å²) in [6.07, 6.45) is 4.54. The van der Waals surface area contributed by atoms with Gasteiger partial charge in [-0.15, -0.1) is 0 Å². The topological polar surface area (TPSA) is 28.7 Å². The molecule has 0 unspecified atom stereocenters. The van der Waals surface area contributed by atoms with Crippen molar-refractivity contribution < 1.29 is 4.39 Å². The molecular formula is C22H20BFN2. The van der Waals surface area contributed by atoms with Gasteiger partial charge < -0.3 is 4.98 Å². The summed E-state index contributed by atoms with van der Waals surface area (Å²) in [5, 5.41) is 0. The molecule has 4 rings (SSSR count). The lowest BCUT2D eigenvalue weighted by Gasteiger charge is -2.00. The molecule has 128 valence electrons. The lowest BCUT2D eigenvalue weighted by atomic mass is 9.65. The summed E-state index contributed by atoms with van der Waals surface area (Å²) in [6.45, 7) is 0. The van der Waals surface area contributed by atoms with Crippen LogP contribution in [-0.2, 0) is 6.32 Å². The number of benzene rings is 3. The van der Waals surface area contributed by atoms with Crippen LogP contribution in [0.15, 0.2) is 97.3 Å². The fourth-order valence-electron chi connectivity index (χ4n) is 2.64. The molecule has 0 aliphatic carbocycles. The average Bonchev–Trinajstić information content (AvgIpc) is 3.23. The highest BCUT2D eigenvalue weighted by Gasteiger charge is 1.98. The lowest BCUT2D eigenvalue weighted by Crippen LogP contribution is -2.16. The van der Waals surface area contributed by atoms with Crippen LogP contribution in [0.3, 0.4) is 0 Å². The van der Waals surface area contributed by atoms with E-state index in [-0.39, 0.29) is 5.82 Å². The monoisotopic (exact) mass is 342 g/mol. The van der Waals surface area contributed by atoms with E-state index in [4.69, 9.17) is 0 Å². The normalized spacial score (nSPS) is 9.88. The van der Waals surface area contributed by atoms with Gasteiger partial charge in [-0.3, -0.25) is 0 Å². The highest BCUT2D eigenvalue weighted by molar-refractivity contribution is 6.52. The molecule has 2 nitrogen and oxygen atoms in total. The van der Waals surface area contributed by atoms with Gasteiger partial charge in [0.25, 0.3) is 0 Å². The zero-order chi connectivity index (χ0) is 18.0. The van der Waals surface area contributed by atoms with Gasteiger partial charge in [0.2, 0.25) is 0 Å². The highest BCUT2D eigenvalue weighted by atomic mass is 19.1. The Hall–Kier alpha value is -3.14. The Kier molecular flexibility index (Phi) is 6.37. The molecule has 0 saturated heterocycles. The van der Waals surface area contributed by atoms with Crippen LogP contribution in [0.25, 0.3) is 11.4 Å². The molecule has 4 heteroatoms. The molecule has 0 spiro atoms. The number of nitrogens with zero attached hydrogens (tertiary/aromatic N) is 1. The number of aromatic amines is 1. The predicted octanol–water partition coefficient (Wildman–Crippen LogP) is 4.16. The van der Waals surface area contributed by atoms with Gasteiger partial charge in [0, 0.05) is 18.0 Å². The van der Waals surface area contributed by atoms with E-state index in [1.165, 1.54) is 11.6 Å². The second-order valence-corrected chi connectivity index (χ2v) is 5.92. The van der Waals surface area contributed by atoms with Crippen LogP contribution >= 0.6 is 0 Å². The zero-order valence-electron chi connectivity index (χ0n) is 14.5. The number of nitrogens with one attached hydrogen (secondary N) is 1. The molecular weight excluding hydrogens is 322 g/mol. The molecule has 0 amide bonds. The quantitative estimate of drug-likeness (QED) is 0.554. The van der Waals surface area contributed by atoms with E-state index in [9.17, 15) is 4.39 Å². The van der Waals surface area contributed by atoms with Gasteiger partial charge >= 0.3 is 0 Å². The largest absolute Gasteiger partial charge is 0.345 e. The minimum atomic E-state index is -0.152. The molecule has 0 aliphatic heterocycles. The van der Waals surface area contributed by atoms with Crippen LogP contribution in [0.1, 0.15) is 5.56 Å². The van der Waals surface area contributed by atoms with Crippen LogP contribution in [0.5, 0.6) is 0 Å². The Labute approximate surface area is 154 Å². The third-order valence-corrected chi connectivity index (χ3v) is 3.98. The van der Waals surface area contributed by atoms with Crippen molar-refractivity contribution in [1.82, 2.24) is 9.97 Å². The van der Waals surface area contributed by atoms with E-state index in [1.54, 1.807) is 18.3 Å². The fourth-order valence-corrected chi connectivity index (χ4v) is 2.64. The Balaban J connectivity index is 0.000000158. The van der Waals surface area contributed by atoms with Gasteiger partial charge in [-0.2, -0.15) is 0 Å². The number of H-pyrrole nitrogens is 1. The minimum absolute atomic E-state index is 0.152. The average molecular weight is 342 g/mol. The molecule has 26 heavy (non-hydrogen) atoms.